The van der Waals surface area contributed by atoms with Gasteiger partial charge in [0.25, 0.3) is 10.0 Å². The average Bonchev–Trinajstić information content (AvgIpc) is 3.06. The van der Waals surface area contributed by atoms with Crippen LogP contribution in [0.1, 0.15) is 18.1 Å². The smallest absolute Gasteiger partial charge is 0.264 e. The zero-order chi connectivity index (χ0) is 32.4. The Balaban J connectivity index is 1.80. The Morgan fingerprint density at radius 1 is 0.822 bits per heavy atom. The minimum absolute atomic E-state index is 0.0295. The van der Waals surface area contributed by atoms with Gasteiger partial charge in [-0.2, -0.15) is 0 Å². The molecule has 0 spiro atoms. The van der Waals surface area contributed by atoms with Crippen molar-refractivity contribution >= 4 is 39.1 Å². The minimum Gasteiger partial charge on any atom is -0.497 e. The lowest BCUT2D eigenvalue weighted by atomic mass is 10.0. The maximum atomic E-state index is 14.4. The van der Waals surface area contributed by atoms with Crippen LogP contribution in [0.15, 0.2) is 108 Å². The van der Waals surface area contributed by atoms with E-state index in [2.05, 4.69) is 5.32 Å². The van der Waals surface area contributed by atoms with E-state index in [1.54, 1.807) is 44.4 Å². The predicted octanol–water partition coefficient (Wildman–Crippen LogP) is 5.33. The summed E-state index contributed by atoms with van der Waals surface area (Å²) in [5.41, 5.74) is 1.79. The van der Waals surface area contributed by atoms with Gasteiger partial charge in [0.05, 0.1) is 24.8 Å². The summed E-state index contributed by atoms with van der Waals surface area (Å²) in [5, 5.41) is 3.26. The number of sulfonamides is 1. The van der Waals surface area contributed by atoms with Crippen molar-refractivity contribution in [1.29, 1.82) is 0 Å². The molecule has 0 aromatic heterocycles. The standard InChI is InChI=1S/C34H36ClN3O6S/c1-4-36-34(40)32(22-25-9-6-5-7-10-25)37(23-26-11-8-12-30(21-26)44-3)33(39)24-38(28-15-13-27(35)14-16-28)45(41,42)31-19-17-29(43-2)18-20-31/h5-21,32H,4,22-24H2,1-3H3,(H,36,40). The maximum Gasteiger partial charge on any atom is 0.264 e. The fourth-order valence-electron chi connectivity index (χ4n) is 4.82. The normalized spacial score (nSPS) is 11.7. The third-order valence-electron chi connectivity index (χ3n) is 7.15. The molecule has 1 N–H and O–H groups in total. The summed E-state index contributed by atoms with van der Waals surface area (Å²) in [5.74, 6) is 0.145. The summed E-state index contributed by atoms with van der Waals surface area (Å²) < 4.78 is 39.8. The molecule has 0 saturated heterocycles. The number of hydrogen-bond acceptors (Lipinski definition) is 6. The predicted molar refractivity (Wildman–Crippen MR) is 175 cm³/mol. The Labute approximate surface area is 269 Å². The van der Waals surface area contributed by atoms with E-state index < -0.39 is 28.5 Å². The second kappa shape index (κ2) is 15.5. The van der Waals surface area contributed by atoms with Crippen LogP contribution in [0.4, 0.5) is 5.69 Å². The molecule has 0 aliphatic carbocycles. The van der Waals surface area contributed by atoms with Crippen LogP contribution in [-0.4, -0.2) is 58.5 Å². The van der Waals surface area contributed by atoms with Crippen LogP contribution in [0.3, 0.4) is 0 Å². The van der Waals surface area contributed by atoms with E-state index in [-0.39, 0.29) is 29.5 Å². The van der Waals surface area contributed by atoms with Gasteiger partial charge in [0.1, 0.15) is 24.1 Å². The molecule has 0 aliphatic rings. The van der Waals surface area contributed by atoms with Gasteiger partial charge >= 0.3 is 0 Å². The summed E-state index contributed by atoms with van der Waals surface area (Å²) in [6.07, 6.45) is 0.217. The van der Waals surface area contributed by atoms with Gasteiger partial charge in [-0.1, -0.05) is 54.1 Å². The Kier molecular flexibility index (Phi) is 11.5. The third-order valence-corrected chi connectivity index (χ3v) is 9.19. The Hall–Kier alpha value is -4.54. The lowest BCUT2D eigenvalue weighted by Crippen LogP contribution is -2.53. The van der Waals surface area contributed by atoms with E-state index in [1.165, 1.54) is 48.4 Å². The number of likely N-dealkylation sites (N-methyl/N-ethyl adjacent to an activating group) is 1. The molecule has 0 bridgehead atoms. The Morgan fingerprint density at radius 3 is 2.09 bits per heavy atom. The monoisotopic (exact) mass is 649 g/mol. The van der Waals surface area contributed by atoms with Crippen LogP contribution >= 0.6 is 11.6 Å². The van der Waals surface area contributed by atoms with E-state index in [0.29, 0.717) is 28.6 Å². The first-order valence-corrected chi connectivity index (χ1v) is 16.1. The van der Waals surface area contributed by atoms with Crippen molar-refractivity contribution < 1.29 is 27.5 Å². The molecule has 4 rings (SSSR count). The molecule has 4 aromatic rings. The van der Waals surface area contributed by atoms with E-state index in [4.69, 9.17) is 21.1 Å². The molecule has 0 fully saturated rings. The maximum absolute atomic E-state index is 14.4. The van der Waals surface area contributed by atoms with Gasteiger partial charge in [-0.05, 0) is 78.7 Å². The van der Waals surface area contributed by atoms with Gasteiger partial charge in [0, 0.05) is 24.5 Å². The number of hydrogen-bond donors (Lipinski definition) is 1. The molecule has 0 heterocycles. The van der Waals surface area contributed by atoms with Crippen LogP contribution in [0, 0.1) is 0 Å². The first kappa shape index (κ1) is 33.4. The van der Waals surface area contributed by atoms with Crippen LogP contribution in [0.5, 0.6) is 11.5 Å². The SMILES string of the molecule is CCNC(=O)C(Cc1ccccc1)N(Cc1cccc(OC)c1)C(=O)CN(c1ccc(Cl)cc1)S(=O)(=O)c1ccc(OC)cc1. The van der Waals surface area contributed by atoms with Gasteiger partial charge in [-0.25, -0.2) is 8.42 Å². The molecular formula is C34H36ClN3O6S. The molecule has 9 nitrogen and oxygen atoms in total. The highest BCUT2D eigenvalue weighted by atomic mass is 35.5. The summed E-state index contributed by atoms with van der Waals surface area (Å²) in [7, 11) is -1.22. The van der Waals surface area contributed by atoms with Crippen LogP contribution in [0.25, 0.3) is 0 Å². The number of ether oxygens (including phenoxy) is 2. The van der Waals surface area contributed by atoms with Crippen molar-refractivity contribution in [2.45, 2.75) is 30.8 Å². The first-order valence-electron chi connectivity index (χ1n) is 14.3. The van der Waals surface area contributed by atoms with Crippen molar-refractivity contribution in [3.05, 3.63) is 119 Å². The lowest BCUT2D eigenvalue weighted by molar-refractivity contribution is -0.140. The summed E-state index contributed by atoms with van der Waals surface area (Å²) in [4.78, 5) is 29.4. The number of halogens is 1. The topological polar surface area (TPSA) is 105 Å². The van der Waals surface area contributed by atoms with E-state index in [1.807, 2.05) is 36.4 Å². The van der Waals surface area contributed by atoms with Gasteiger partial charge in [0.15, 0.2) is 0 Å². The van der Waals surface area contributed by atoms with E-state index in [9.17, 15) is 18.0 Å². The number of rotatable bonds is 14. The third kappa shape index (κ3) is 8.55. The average molecular weight is 650 g/mol. The number of nitrogens with one attached hydrogen (secondary N) is 1. The zero-order valence-electron chi connectivity index (χ0n) is 25.4. The molecule has 0 radical (unpaired) electrons. The van der Waals surface area contributed by atoms with Crippen molar-refractivity contribution in [3.8, 4) is 11.5 Å². The van der Waals surface area contributed by atoms with Crippen molar-refractivity contribution in [2.24, 2.45) is 0 Å². The number of amides is 2. The quantitative estimate of drug-likeness (QED) is 0.198. The van der Waals surface area contributed by atoms with Crippen molar-refractivity contribution in [1.82, 2.24) is 10.2 Å². The molecule has 0 aliphatic heterocycles. The molecule has 0 saturated carbocycles. The lowest BCUT2D eigenvalue weighted by Gasteiger charge is -2.34. The molecule has 236 valence electrons. The summed E-state index contributed by atoms with van der Waals surface area (Å²) in [6, 6.07) is 27.7. The number of benzene rings is 4. The fourth-order valence-corrected chi connectivity index (χ4v) is 6.36. The van der Waals surface area contributed by atoms with Gasteiger partial charge in [0.2, 0.25) is 11.8 Å². The zero-order valence-corrected chi connectivity index (χ0v) is 26.9. The van der Waals surface area contributed by atoms with Crippen LogP contribution in [0.2, 0.25) is 5.02 Å². The second-order valence-electron chi connectivity index (χ2n) is 10.1. The highest BCUT2D eigenvalue weighted by Gasteiger charge is 2.34. The number of nitrogens with zero attached hydrogens (tertiary/aromatic N) is 2. The number of methoxy groups -OCH3 is 2. The Morgan fingerprint density at radius 2 is 1.47 bits per heavy atom. The first-order chi connectivity index (χ1) is 21.7. The molecular weight excluding hydrogens is 614 g/mol. The Bertz CT molecular complexity index is 1680. The summed E-state index contributed by atoms with van der Waals surface area (Å²) in [6.45, 7) is 1.61. The largest absolute Gasteiger partial charge is 0.497 e. The summed E-state index contributed by atoms with van der Waals surface area (Å²) >= 11 is 6.12. The highest BCUT2D eigenvalue weighted by molar-refractivity contribution is 7.92. The van der Waals surface area contributed by atoms with Crippen molar-refractivity contribution in [3.63, 3.8) is 0 Å². The van der Waals surface area contributed by atoms with Crippen LogP contribution in [-0.2, 0) is 32.6 Å². The number of carbonyl (C=O) groups excluding carboxylic acids is 2. The second-order valence-corrected chi connectivity index (χ2v) is 12.4. The van der Waals surface area contributed by atoms with Crippen LogP contribution < -0.4 is 19.1 Å². The number of carbonyl (C=O) groups is 2. The molecule has 2 amide bonds. The minimum atomic E-state index is -4.25. The van der Waals surface area contributed by atoms with Gasteiger partial charge in [-0.15, -0.1) is 0 Å². The molecule has 45 heavy (non-hydrogen) atoms. The fraction of sp³-hybridized carbons (Fsp3) is 0.235. The number of anilines is 1. The molecule has 1 atom stereocenters. The molecule has 11 heteroatoms. The van der Waals surface area contributed by atoms with E-state index in [0.717, 1.165) is 9.87 Å². The van der Waals surface area contributed by atoms with Crippen molar-refractivity contribution in [2.75, 3.05) is 31.6 Å². The molecule has 1 unspecified atom stereocenters. The van der Waals surface area contributed by atoms with Gasteiger partial charge < -0.3 is 19.7 Å². The molecule has 4 aromatic carbocycles. The van der Waals surface area contributed by atoms with E-state index >= 15 is 0 Å². The highest BCUT2D eigenvalue weighted by Crippen LogP contribution is 2.27. The van der Waals surface area contributed by atoms with Gasteiger partial charge in [-0.3, -0.25) is 13.9 Å².